The van der Waals surface area contributed by atoms with Gasteiger partial charge >= 0.3 is 0 Å². The predicted octanol–water partition coefficient (Wildman–Crippen LogP) is 6.42. The number of hydrogen-bond acceptors (Lipinski definition) is 5. The number of allylic oxidation sites excluding steroid dienone is 1. The molecule has 1 fully saturated rings. The Bertz CT molecular complexity index is 1170. The van der Waals surface area contributed by atoms with Gasteiger partial charge in [0, 0.05) is 34.9 Å². The molecule has 0 atom stereocenters. The van der Waals surface area contributed by atoms with E-state index in [4.69, 9.17) is 25.8 Å². The number of methoxy groups -OCH3 is 1. The van der Waals surface area contributed by atoms with Gasteiger partial charge < -0.3 is 19.1 Å². The first-order valence-corrected chi connectivity index (χ1v) is 12.1. The molecule has 0 saturated carbocycles. The maximum atomic E-state index is 12.7. The molecule has 34 heavy (non-hydrogen) atoms. The van der Waals surface area contributed by atoms with E-state index in [1.54, 1.807) is 31.4 Å². The molecular weight excluding hydrogens is 518 g/mol. The molecule has 3 aromatic carbocycles. The van der Waals surface area contributed by atoms with Crippen LogP contribution in [-0.4, -0.2) is 39.2 Å². The normalized spacial score (nSPS) is 13.8. The second kappa shape index (κ2) is 11.6. The van der Waals surface area contributed by atoms with E-state index in [2.05, 4.69) is 20.8 Å². The summed E-state index contributed by atoms with van der Waals surface area (Å²) < 4.78 is 17.6. The largest absolute Gasteiger partial charge is 0.496 e. The number of carbonyl (C=O) groups excluding carboxylic acids is 1. The van der Waals surface area contributed by atoms with E-state index in [1.807, 2.05) is 48.5 Å². The number of ketones is 1. The number of hydrogen-bond donors (Lipinski definition) is 0. The molecule has 1 saturated heterocycles. The van der Waals surface area contributed by atoms with Crippen LogP contribution in [0.1, 0.15) is 21.5 Å². The molecule has 0 radical (unpaired) electrons. The lowest BCUT2D eigenvalue weighted by Gasteiger charge is -2.28. The summed E-state index contributed by atoms with van der Waals surface area (Å²) in [5.74, 6) is 1.35. The molecule has 7 heteroatoms. The Kier molecular flexibility index (Phi) is 8.27. The molecule has 0 N–H and O–H groups in total. The Hall–Kier alpha value is -2.80. The number of morpholine rings is 1. The number of anilines is 1. The Morgan fingerprint density at radius 3 is 2.50 bits per heavy atom. The Balaban J connectivity index is 1.43. The molecule has 5 nitrogen and oxygen atoms in total. The van der Waals surface area contributed by atoms with Gasteiger partial charge in [-0.15, -0.1) is 0 Å². The predicted molar refractivity (Wildman–Crippen MR) is 139 cm³/mol. The summed E-state index contributed by atoms with van der Waals surface area (Å²) in [6, 6.07) is 18.8. The van der Waals surface area contributed by atoms with Gasteiger partial charge in [-0.3, -0.25) is 4.79 Å². The molecule has 1 aliphatic rings. The lowest BCUT2D eigenvalue weighted by atomic mass is 10.1. The topological polar surface area (TPSA) is 48.0 Å². The number of nitrogens with zero attached hydrogens (tertiary/aromatic N) is 1. The van der Waals surface area contributed by atoms with Crippen LogP contribution in [0.3, 0.4) is 0 Å². The molecule has 0 aromatic heterocycles. The zero-order valence-electron chi connectivity index (χ0n) is 18.8. The third kappa shape index (κ3) is 6.20. The van der Waals surface area contributed by atoms with Crippen LogP contribution in [0.4, 0.5) is 5.69 Å². The first-order valence-electron chi connectivity index (χ1n) is 10.9. The standard InChI is InChI=1S/C27H25BrClNO4/c1-32-26-10-3-19(16-21(26)18-34-27-11-6-22(29)17-24(27)28)2-9-25(31)20-4-7-23(8-5-20)30-12-14-33-15-13-30/h2-11,16-17H,12-15,18H2,1H3/b9-2+. The Morgan fingerprint density at radius 1 is 1.06 bits per heavy atom. The third-order valence-corrected chi connectivity index (χ3v) is 6.39. The Morgan fingerprint density at radius 2 is 1.79 bits per heavy atom. The summed E-state index contributed by atoms with van der Waals surface area (Å²) >= 11 is 9.47. The van der Waals surface area contributed by atoms with Crippen LogP contribution < -0.4 is 14.4 Å². The highest BCUT2D eigenvalue weighted by Gasteiger charge is 2.12. The second-order valence-corrected chi connectivity index (χ2v) is 9.07. The van der Waals surface area contributed by atoms with Gasteiger partial charge in [-0.25, -0.2) is 0 Å². The van der Waals surface area contributed by atoms with Crippen molar-refractivity contribution >= 4 is 45.1 Å². The summed E-state index contributed by atoms with van der Waals surface area (Å²) in [4.78, 5) is 15.0. The van der Waals surface area contributed by atoms with E-state index in [9.17, 15) is 4.79 Å². The van der Waals surface area contributed by atoms with Crippen molar-refractivity contribution in [2.24, 2.45) is 0 Å². The smallest absolute Gasteiger partial charge is 0.185 e. The fourth-order valence-electron chi connectivity index (χ4n) is 3.69. The minimum atomic E-state index is -0.0489. The summed E-state index contributed by atoms with van der Waals surface area (Å²) in [7, 11) is 1.62. The molecule has 0 amide bonds. The SMILES string of the molecule is COc1ccc(/C=C/C(=O)c2ccc(N3CCOCC3)cc2)cc1COc1ccc(Cl)cc1Br. The molecular formula is C27H25BrClNO4. The van der Waals surface area contributed by atoms with E-state index >= 15 is 0 Å². The van der Waals surface area contributed by atoms with Gasteiger partial charge in [-0.2, -0.15) is 0 Å². The minimum absolute atomic E-state index is 0.0489. The first-order chi connectivity index (χ1) is 16.5. The van der Waals surface area contributed by atoms with Gasteiger partial charge in [0.05, 0.1) is 24.8 Å². The van der Waals surface area contributed by atoms with Crippen molar-refractivity contribution in [2.75, 3.05) is 38.3 Å². The molecule has 176 valence electrons. The number of ether oxygens (including phenoxy) is 3. The third-order valence-electron chi connectivity index (χ3n) is 5.54. The second-order valence-electron chi connectivity index (χ2n) is 7.78. The monoisotopic (exact) mass is 541 g/mol. The van der Waals surface area contributed by atoms with Crippen LogP contribution in [0.15, 0.2) is 71.2 Å². The summed E-state index contributed by atoms with van der Waals surface area (Å²) in [5.41, 5.74) is 3.51. The summed E-state index contributed by atoms with van der Waals surface area (Å²) in [5, 5.41) is 0.629. The van der Waals surface area contributed by atoms with Crippen LogP contribution in [0.2, 0.25) is 5.02 Å². The Labute approximate surface area is 213 Å². The van der Waals surface area contributed by atoms with Crippen LogP contribution in [-0.2, 0) is 11.3 Å². The van der Waals surface area contributed by atoms with Crippen molar-refractivity contribution in [3.05, 3.63) is 92.9 Å². The fourth-order valence-corrected chi connectivity index (χ4v) is 4.49. The van der Waals surface area contributed by atoms with Crippen molar-refractivity contribution in [1.29, 1.82) is 0 Å². The molecule has 3 aromatic rings. The average molecular weight is 543 g/mol. The molecule has 0 spiro atoms. The maximum absolute atomic E-state index is 12.7. The molecule has 0 bridgehead atoms. The van der Waals surface area contributed by atoms with Crippen molar-refractivity contribution in [2.45, 2.75) is 6.61 Å². The van der Waals surface area contributed by atoms with Crippen LogP contribution in [0.25, 0.3) is 6.08 Å². The lowest BCUT2D eigenvalue weighted by molar-refractivity contribution is 0.104. The van der Waals surface area contributed by atoms with Crippen molar-refractivity contribution < 1.29 is 19.0 Å². The minimum Gasteiger partial charge on any atom is -0.496 e. The van der Waals surface area contributed by atoms with Gasteiger partial charge in [-0.05, 0) is 82.2 Å². The molecule has 1 aliphatic heterocycles. The number of benzene rings is 3. The molecule has 0 unspecified atom stereocenters. The van der Waals surface area contributed by atoms with Gasteiger partial charge in [0.25, 0.3) is 0 Å². The van der Waals surface area contributed by atoms with E-state index in [0.29, 0.717) is 28.7 Å². The average Bonchev–Trinajstić information content (AvgIpc) is 2.87. The van der Waals surface area contributed by atoms with Crippen molar-refractivity contribution in [3.8, 4) is 11.5 Å². The molecule has 4 rings (SSSR count). The van der Waals surface area contributed by atoms with Gasteiger partial charge in [-0.1, -0.05) is 23.7 Å². The van der Waals surface area contributed by atoms with Gasteiger partial charge in [0.2, 0.25) is 0 Å². The maximum Gasteiger partial charge on any atom is 0.185 e. The first kappa shape index (κ1) is 24.3. The highest BCUT2D eigenvalue weighted by Crippen LogP contribution is 2.30. The van der Waals surface area contributed by atoms with Crippen LogP contribution >= 0.6 is 27.5 Å². The van der Waals surface area contributed by atoms with Crippen LogP contribution in [0.5, 0.6) is 11.5 Å². The van der Waals surface area contributed by atoms with E-state index < -0.39 is 0 Å². The van der Waals surface area contributed by atoms with Gasteiger partial charge in [0.1, 0.15) is 18.1 Å². The van der Waals surface area contributed by atoms with Crippen molar-refractivity contribution in [1.82, 2.24) is 0 Å². The van der Waals surface area contributed by atoms with E-state index in [-0.39, 0.29) is 5.78 Å². The summed E-state index contributed by atoms with van der Waals surface area (Å²) in [6.45, 7) is 3.50. The number of carbonyl (C=O) groups is 1. The van der Waals surface area contributed by atoms with Crippen molar-refractivity contribution in [3.63, 3.8) is 0 Å². The summed E-state index contributed by atoms with van der Waals surface area (Å²) in [6.07, 6.45) is 3.39. The van der Waals surface area contributed by atoms with Crippen LogP contribution in [0, 0.1) is 0 Å². The van der Waals surface area contributed by atoms with E-state index in [1.165, 1.54) is 0 Å². The highest BCUT2D eigenvalue weighted by molar-refractivity contribution is 9.10. The lowest BCUT2D eigenvalue weighted by Crippen LogP contribution is -2.36. The molecule has 0 aliphatic carbocycles. The fraction of sp³-hybridized carbons (Fsp3) is 0.222. The highest BCUT2D eigenvalue weighted by atomic mass is 79.9. The van der Waals surface area contributed by atoms with E-state index in [0.717, 1.165) is 47.6 Å². The zero-order valence-corrected chi connectivity index (χ0v) is 21.1. The quantitative estimate of drug-likeness (QED) is 0.243. The zero-order chi connectivity index (χ0) is 23.9. The molecule has 1 heterocycles. The van der Waals surface area contributed by atoms with Gasteiger partial charge in [0.15, 0.2) is 5.78 Å². The number of rotatable bonds is 8. The number of halogens is 2.